The van der Waals surface area contributed by atoms with Gasteiger partial charge in [0.25, 0.3) is 0 Å². The first-order valence-corrected chi connectivity index (χ1v) is 8.67. The van der Waals surface area contributed by atoms with Crippen LogP contribution in [0.4, 0.5) is 0 Å². The van der Waals surface area contributed by atoms with Crippen molar-refractivity contribution in [2.45, 2.75) is 43.6 Å². The first-order valence-electron chi connectivity index (χ1n) is 8.67. The molecule has 25 heavy (non-hydrogen) atoms. The molecule has 0 bridgehead atoms. The van der Waals surface area contributed by atoms with Crippen molar-refractivity contribution in [2.24, 2.45) is 0 Å². The lowest BCUT2D eigenvalue weighted by molar-refractivity contribution is -0.308. The third-order valence-corrected chi connectivity index (χ3v) is 4.85. The van der Waals surface area contributed by atoms with E-state index in [9.17, 15) is 0 Å². The minimum atomic E-state index is -0.369. The molecule has 3 saturated heterocycles. The molecule has 5 rings (SSSR count). The third-order valence-electron chi connectivity index (χ3n) is 4.85. The molecule has 0 aliphatic carbocycles. The molecule has 3 heterocycles. The van der Waals surface area contributed by atoms with Gasteiger partial charge >= 0.3 is 0 Å². The molecule has 3 aliphatic rings. The topological polar surface area (TPSA) is 49.5 Å². The first kappa shape index (κ1) is 15.5. The smallest absolute Gasteiger partial charge is 0.187 e. The molecular weight excluding hydrogens is 320 g/mol. The second kappa shape index (κ2) is 6.52. The molecule has 3 fully saturated rings. The predicted molar refractivity (Wildman–Crippen MR) is 88.6 cm³/mol. The maximum atomic E-state index is 6.11. The third kappa shape index (κ3) is 3.10. The molecule has 130 valence electrons. The van der Waals surface area contributed by atoms with E-state index in [-0.39, 0.29) is 37.0 Å². The van der Waals surface area contributed by atoms with Crippen LogP contribution in [0.3, 0.4) is 0 Å². The SMILES string of the molecule is c1ccc(CO[C@@H]2O[C@@H]3CO[C@H](c4ccccc4)O[C@H]3[C@@H]3O[C@H]23)cc1. The summed E-state index contributed by atoms with van der Waals surface area (Å²) < 4.78 is 29.7. The maximum Gasteiger partial charge on any atom is 0.187 e. The Morgan fingerprint density at radius 3 is 2.36 bits per heavy atom. The van der Waals surface area contributed by atoms with Gasteiger partial charge in [0.2, 0.25) is 0 Å². The van der Waals surface area contributed by atoms with Crippen LogP contribution in [0, 0.1) is 0 Å². The molecule has 6 atom stereocenters. The van der Waals surface area contributed by atoms with Crippen molar-refractivity contribution in [2.75, 3.05) is 6.61 Å². The second-order valence-electron chi connectivity index (χ2n) is 6.58. The predicted octanol–water partition coefficient (Wildman–Crippen LogP) is 2.81. The Balaban J connectivity index is 1.22. The van der Waals surface area contributed by atoms with Crippen LogP contribution < -0.4 is 0 Å². The van der Waals surface area contributed by atoms with Crippen molar-refractivity contribution in [1.29, 1.82) is 0 Å². The Bertz CT molecular complexity index is 707. The number of epoxide rings is 1. The number of benzene rings is 2. The number of hydrogen-bond acceptors (Lipinski definition) is 5. The average Bonchev–Trinajstić information content (AvgIpc) is 3.49. The van der Waals surface area contributed by atoms with E-state index in [4.69, 9.17) is 23.7 Å². The van der Waals surface area contributed by atoms with Crippen molar-refractivity contribution in [3.05, 3.63) is 71.8 Å². The van der Waals surface area contributed by atoms with E-state index in [1.165, 1.54) is 0 Å². The summed E-state index contributed by atoms with van der Waals surface area (Å²) in [5.41, 5.74) is 2.13. The van der Waals surface area contributed by atoms with Crippen molar-refractivity contribution in [1.82, 2.24) is 0 Å². The number of ether oxygens (including phenoxy) is 5. The van der Waals surface area contributed by atoms with Crippen molar-refractivity contribution in [3.8, 4) is 0 Å². The number of rotatable bonds is 4. The Hall–Kier alpha value is -1.76. The fourth-order valence-electron chi connectivity index (χ4n) is 3.49. The lowest BCUT2D eigenvalue weighted by atomic mass is 10.0. The lowest BCUT2D eigenvalue weighted by Gasteiger charge is -2.39. The van der Waals surface area contributed by atoms with Gasteiger partial charge in [-0.3, -0.25) is 0 Å². The Kier molecular flexibility index (Phi) is 4.04. The van der Waals surface area contributed by atoms with Gasteiger partial charge in [-0.05, 0) is 5.56 Å². The highest BCUT2D eigenvalue weighted by Crippen LogP contribution is 2.43. The molecule has 5 heteroatoms. The highest BCUT2D eigenvalue weighted by atomic mass is 16.8. The van der Waals surface area contributed by atoms with Crippen LogP contribution in [0.25, 0.3) is 0 Å². The average molecular weight is 340 g/mol. The minimum Gasteiger partial charge on any atom is -0.361 e. The van der Waals surface area contributed by atoms with Crippen molar-refractivity contribution >= 4 is 0 Å². The molecular formula is C20H20O5. The maximum absolute atomic E-state index is 6.11. The molecule has 0 aromatic heterocycles. The van der Waals surface area contributed by atoms with Gasteiger partial charge in [-0.15, -0.1) is 0 Å². The van der Waals surface area contributed by atoms with Gasteiger partial charge in [0.15, 0.2) is 12.6 Å². The standard InChI is InChI=1S/C20H20O5/c1-3-7-13(8-4-1)11-21-20-18-17(24-18)16-15(23-20)12-22-19(25-16)14-9-5-2-6-10-14/h1-10,15-20H,11-12H2/t15-,16-,17+,18+,19+,20-/m1/s1. The largest absolute Gasteiger partial charge is 0.361 e. The van der Waals surface area contributed by atoms with Crippen LogP contribution in [-0.4, -0.2) is 37.3 Å². The van der Waals surface area contributed by atoms with Gasteiger partial charge < -0.3 is 23.7 Å². The highest BCUT2D eigenvalue weighted by Gasteiger charge is 2.60. The van der Waals surface area contributed by atoms with E-state index in [1.54, 1.807) is 0 Å². The van der Waals surface area contributed by atoms with E-state index < -0.39 is 0 Å². The van der Waals surface area contributed by atoms with Crippen LogP contribution in [0.15, 0.2) is 60.7 Å². The molecule has 0 N–H and O–H groups in total. The monoisotopic (exact) mass is 340 g/mol. The number of fused-ring (bicyclic) bond motifs is 3. The molecule has 0 unspecified atom stereocenters. The van der Waals surface area contributed by atoms with E-state index in [2.05, 4.69) is 0 Å². The lowest BCUT2D eigenvalue weighted by Crippen LogP contribution is -2.52. The van der Waals surface area contributed by atoms with E-state index in [0.717, 1.165) is 11.1 Å². The van der Waals surface area contributed by atoms with Crippen molar-refractivity contribution in [3.63, 3.8) is 0 Å². The van der Waals surface area contributed by atoms with E-state index in [0.29, 0.717) is 13.2 Å². The first-order chi connectivity index (χ1) is 12.4. The van der Waals surface area contributed by atoms with Crippen LogP contribution >= 0.6 is 0 Å². The second-order valence-corrected chi connectivity index (χ2v) is 6.58. The van der Waals surface area contributed by atoms with Gasteiger partial charge in [0.05, 0.1) is 13.2 Å². The van der Waals surface area contributed by atoms with Crippen LogP contribution in [-0.2, 0) is 30.3 Å². The summed E-state index contributed by atoms with van der Waals surface area (Å²) >= 11 is 0. The van der Waals surface area contributed by atoms with E-state index >= 15 is 0 Å². The molecule has 0 amide bonds. The summed E-state index contributed by atoms with van der Waals surface area (Å²) in [6, 6.07) is 20.0. The van der Waals surface area contributed by atoms with Crippen LogP contribution in [0.2, 0.25) is 0 Å². The summed E-state index contributed by atoms with van der Waals surface area (Å²) in [6.45, 7) is 0.978. The summed E-state index contributed by atoms with van der Waals surface area (Å²) in [4.78, 5) is 0. The zero-order valence-electron chi connectivity index (χ0n) is 13.7. The van der Waals surface area contributed by atoms with Gasteiger partial charge in [0, 0.05) is 5.56 Å². The van der Waals surface area contributed by atoms with Gasteiger partial charge in [-0.2, -0.15) is 0 Å². The van der Waals surface area contributed by atoms with Gasteiger partial charge in [-0.1, -0.05) is 60.7 Å². The molecule has 5 nitrogen and oxygen atoms in total. The summed E-state index contributed by atoms with van der Waals surface area (Å²) in [5, 5.41) is 0. The summed E-state index contributed by atoms with van der Waals surface area (Å²) in [5.74, 6) is 0. The molecule has 0 spiro atoms. The molecule has 0 radical (unpaired) electrons. The molecule has 0 saturated carbocycles. The quantitative estimate of drug-likeness (QED) is 0.801. The van der Waals surface area contributed by atoms with Crippen molar-refractivity contribution < 1.29 is 23.7 Å². The van der Waals surface area contributed by atoms with Crippen LogP contribution in [0.1, 0.15) is 17.4 Å². The zero-order valence-corrected chi connectivity index (χ0v) is 13.7. The normalized spacial score (nSPS) is 36.3. The fourth-order valence-corrected chi connectivity index (χ4v) is 3.49. The molecule has 2 aromatic rings. The zero-order chi connectivity index (χ0) is 16.6. The summed E-state index contributed by atoms with van der Waals surface area (Å²) in [6.07, 6.45) is -1.04. The van der Waals surface area contributed by atoms with Gasteiger partial charge in [-0.25, -0.2) is 0 Å². The Morgan fingerprint density at radius 1 is 0.800 bits per heavy atom. The summed E-state index contributed by atoms with van der Waals surface area (Å²) in [7, 11) is 0. The minimum absolute atomic E-state index is 0.0228. The Labute approximate surface area is 146 Å². The highest BCUT2D eigenvalue weighted by molar-refractivity contribution is 5.17. The van der Waals surface area contributed by atoms with Crippen LogP contribution in [0.5, 0.6) is 0 Å². The Morgan fingerprint density at radius 2 is 1.56 bits per heavy atom. The number of hydrogen-bond donors (Lipinski definition) is 0. The van der Waals surface area contributed by atoms with Gasteiger partial charge in [0.1, 0.15) is 24.4 Å². The fraction of sp³-hybridized carbons (Fsp3) is 0.400. The van der Waals surface area contributed by atoms with E-state index in [1.807, 2.05) is 60.7 Å². The molecule has 2 aromatic carbocycles. The molecule has 3 aliphatic heterocycles.